The minimum atomic E-state index is -0.0836. The fourth-order valence-corrected chi connectivity index (χ4v) is 6.44. The highest BCUT2D eigenvalue weighted by Gasteiger charge is 2.29. The lowest BCUT2D eigenvalue weighted by Gasteiger charge is -2.25. The average Bonchev–Trinajstić information content (AvgIpc) is 3.49. The molecule has 2 amide bonds. The first-order valence-corrected chi connectivity index (χ1v) is 16.7. The Morgan fingerprint density at radius 2 is 1.71 bits per heavy atom. The number of rotatable bonds is 4. The van der Waals surface area contributed by atoms with Gasteiger partial charge in [0.25, 0.3) is 11.8 Å². The van der Waals surface area contributed by atoms with E-state index in [0.717, 1.165) is 48.3 Å². The summed E-state index contributed by atoms with van der Waals surface area (Å²) < 4.78 is 21.5. The van der Waals surface area contributed by atoms with E-state index < -0.39 is 0 Å². The van der Waals surface area contributed by atoms with Gasteiger partial charge in [-0.1, -0.05) is 0 Å². The normalized spacial score (nSPS) is 16.3. The number of aryl methyl sites for hydroxylation is 2. The smallest absolute Gasteiger partial charge is 0.274 e. The quantitative estimate of drug-likeness (QED) is 0.251. The fraction of sp³-hybridized carbons (Fsp3) is 0.417. The van der Waals surface area contributed by atoms with E-state index in [0.29, 0.717) is 85.9 Å². The summed E-state index contributed by atoms with van der Waals surface area (Å²) in [5.41, 5.74) is 4.33. The largest absolute Gasteiger partial charge is 0.493 e. The Labute approximate surface area is 279 Å². The fourth-order valence-electron chi connectivity index (χ4n) is 6.44. The lowest BCUT2D eigenvalue weighted by atomic mass is 10.1. The number of ether oxygens (including phenoxy) is 2. The van der Waals surface area contributed by atoms with Crippen molar-refractivity contribution >= 4 is 22.9 Å². The predicted molar refractivity (Wildman–Crippen MR) is 179 cm³/mol. The monoisotopic (exact) mass is 651 g/mol. The molecule has 0 radical (unpaired) electrons. The molecule has 0 unspecified atom stereocenters. The van der Waals surface area contributed by atoms with Gasteiger partial charge in [-0.3, -0.25) is 14.3 Å². The van der Waals surface area contributed by atoms with Crippen molar-refractivity contribution in [1.82, 2.24) is 34.1 Å². The number of imidazole rings is 1. The number of benzene rings is 2. The molecule has 7 rings (SSSR count). The Balaban J connectivity index is 1.16. The van der Waals surface area contributed by atoms with Crippen LogP contribution in [0.2, 0.25) is 0 Å². The van der Waals surface area contributed by atoms with Crippen LogP contribution in [0.25, 0.3) is 22.5 Å². The van der Waals surface area contributed by atoms with Crippen LogP contribution in [-0.2, 0) is 13.6 Å². The number of oxazole rings is 1. The number of nitrogens with zero attached hydrogens (tertiary/aromatic N) is 7. The first kappa shape index (κ1) is 31.5. The molecule has 3 aromatic heterocycles. The third-order valence-electron chi connectivity index (χ3n) is 9.13. The summed E-state index contributed by atoms with van der Waals surface area (Å²) in [6.07, 6.45) is 8.05. The number of hydrogen-bond donors (Lipinski definition) is 0. The SMILES string of the molecule is COc1ccc2cc1OCCCN(C(=O)c1cc(C3CC3)n(C)n1)CCCCN(C(=O)c1ccc3nc(C)oc3c1)CCn1ccnc1-2. The maximum atomic E-state index is 14.0. The Bertz CT molecular complexity index is 1940. The highest BCUT2D eigenvalue weighted by molar-refractivity contribution is 5.97. The number of hydrogen-bond acceptors (Lipinski definition) is 8. The van der Waals surface area contributed by atoms with E-state index in [1.165, 1.54) is 0 Å². The Kier molecular flexibility index (Phi) is 8.88. The molecule has 0 saturated heterocycles. The van der Waals surface area contributed by atoms with Crippen molar-refractivity contribution in [2.45, 2.75) is 51.5 Å². The van der Waals surface area contributed by atoms with Crippen LogP contribution in [0.15, 0.2) is 59.3 Å². The zero-order valence-corrected chi connectivity index (χ0v) is 27.7. The third kappa shape index (κ3) is 6.65. The van der Waals surface area contributed by atoms with E-state index in [4.69, 9.17) is 13.9 Å². The number of aromatic nitrogens is 5. The zero-order valence-electron chi connectivity index (χ0n) is 27.7. The predicted octanol–water partition coefficient (Wildman–Crippen LogP) is 5.47. The molecule has 250 valence electrons. The molecule has 2 aliphatic rings. The van der Waals surface area contributed by atoms with Gasteiger partial charge in [0.1, 0.15) is 11.3 Å². The van der Waals surface area contributed by atoms with Gasteiger partial charge in [0.05, 0.1) is 13.7 Å². The van der Waals surface area contributed by atoms with Gasteiger partial charge < -0.3 is 28.3 Å². The van der Waals surface area contributed by atoms with E-state index in [9.17, 15) is 9.59 Å². The van der Waals surface area contributed by atoms with Crippen molar-refractivity contribution in [3.8, 4) is 22.9 Å². The molecule has 1 saturated carbocycles. The Morgan fingerprint density at radius 1 is 0.917 bits per heavy atom. The van der Waals surface area contributed by atoms with Crippen molar-refractivity contribution in [3.63, 3.8) is 0 Å². The van der Waals surface area contributed by atoms with Crippen LogP contribution in [0.4, 0.5) is 0 Å². The molecule has 2 bridgehead atoms. The summed E-state index contributed by atoms with van der Waals surface area (Å²) in [7, 11) is 3.53. The summed E-state index contributed by atoms with van der Waals surface area (Å²) in [4.78, 5) is 40.6. The molecule has 1 aliphatic heterocycles. The van der Waals surface area contributed by atoms with Crippen LogP contribution in [0.5, 0.6) is 11.5 Å². The number of fused-ring (bicyclic) bond motifs is 5. The Morgan fingerprint density at radius 3 is 2.50 bits per heavy atom. The number of carbonyl (C=O) groups excluding carboxylic acids is 2. The highest BCUT2D eigenvalue weighted by atomic mass is 16.5. The van der Waals surface area contributed by atoms with Gasteiger partial charge in [0.2, 0.25) is 0 Å². The number of methoxy groups -OCH3 is 1. The minimum absolute atomic E-state index is 0.0796. The second kappa shape index (κ2) is 13.5. The summed E-state index contributed by atoms with van der Waals surface area (Å²) in [6.45, 7) is 4.80. The molecule has 1 fully saturated rings. The number of carbonyl (C=O) groups is 2. The summed E-state index contributed by atoms with van der Waals surface area (Å²) in [5, 5.41) is 4.59. The molecule has 48 heavy (non-hydrogen) atoms. The van der Waals surface area contributed by atoms with Crippen LogP contribution in [-0.4, -0.2) is 85.8 Å². The van der Waals surface area contributed by atoms with Crippen LogP contribution in [0.1, 0.15) is 70.5 Å². The van der Waals surface area contributed by atoms with Crippen molar-refractivity contribution < 1.29 is 23.5 Å². The molecular formula is C36H41N7O5. The topological polar surface area (TPSA) is 121 Å². The van der Waals surface area contributed by atoms with Gasteiger partial charge in [-0.25, -0.2) is 9.97 Å². The first-order valence-electron chi connectivity index (χ1n) is 16.7. The van der Waals surface area contributed by atoms with Crippen molar-refractivity contribution in [2.24, 2.45) is 7.05 Å². The standard InChI is InChI=1S/C36H41N7O5/c1-24-38-28-11-9-27(22-32(28)48-24)35(44)43-15-5-4-14-42(36(45)29-23-30(25-7-8-25)40(2)39-29)16-6-20-47-33-21-26(10-12-31(33)46-3)34-37-13-17-41(34)18-19-43/h9-13,17,21-23,25H,4-8,14-16,18-20H2,1-3H3. The van der Waals surface area contributed by atoms with Gasteiger partial charge >= 0.3 is 0 Å². The second-order valence-electron chi connectivity index (χ2n) is 12.6. The van der Waals surface area contributed by atoms with E-state index in [1.807, 2.05) is 58.1 Å². The molecule has 2 aromatic carbocycles. The molecule has 4 heterocycles. The van der Waals surface area contributed by atoms with E-state index >= 15 is 0 Å². The molecule has 0 spiro atoms. The molecule has 0 atom stereocenters. The van der Waals surface area contributed by atoms with Crippen molar-refractivity contribution in [3.05, 3.63) is 77.7 Å². The van der Waals surface area contributed by atoms with E-state index in [2.05, 4.69) is 19.6 Å². The average molecular weight is 652 g/mol. The maximum absolute atomic E-state index is 14.0. The third-order valence-corrected chi connectivity index (χ3v) is 9.13. The molecule has 12 nitrogen and oxygen atoms in total. The second-order valence-corrected chi connectivity index (χ2v) is 12.6. The van der Waals surface area contributed by atoms with E-state index in [-0.39, 0.29) is 11.8 Å². The highest BCUT2D eigenvalue weighted by Crippen LogP contribution is 2.40. The van der Waals surface area contributed by atoms with Gasteiger partial charge in [0.15, 0.2) is 28.7 Å². The van der Waals surface area contributed by atoms with Crippen LogP contribution in [0.3, 0.4) is 0 Å². The molecule has 0 N–H and O–H groups in total. The van der Waals surface area contributed by atoms with Gasteiger partial charge in [-0.05, 0) is 74.6 Å². The molecule has 5 aromatic rings. The van der Waals surface area contributed by atoms with Crippen LogP contribution >= 0.6 is 0 Å². The van der Waals surface area contributed by atoms with Crippen LogP contribution < -0.4 is 9.47 Å². The number of amides is 2. The van der Waals surface area contributed by atoms with Crippen molar-refractivity contribution in [1.29, 1.82) is 0 Å². The molecular weight excluding hydrogens is 610 g/mol. The Hall–Kier alpha value is -5.13. The lowest BCUT2D eigenvalue weighted by molar-refractivity contribution is 0.0710. The lowest BCUT2D eigenvalue weighted by Crippen LogP contribution is -2.36. The van der Waals surface area contributed by atoms with E-state index in [1.54, 1.807) is 32.4 Å². The zero-order chi connectivity index (χ0) is 33.2. The molecule has 12 heteroatoms. The van der Waals surface area contributed by atoms with Crippen LogP contribution in [0, 0.1) is 6.92 Å². The van der Waals surface area contributed by atoms with Crippen molar-refractivity contribution in [2.75, 3.05) is 39.9 Å². The summed E-state index contributed by atoms with van der Waals surface area (Å²) in [6, 6.07) is 13.1. The van der Waals surface area contributed by atoms with Gasteiger partial charge in [-0.15, -0.1) is 0 Å². The summed E-state index contributed by atoms with van der Waals surface area (Å²) >= 11 is 0. The minimum Gasteiger partial charge on any atom is -0.493 e. The first-order chi connectivity index (χ1) is 23.4. The molecule has 1 aliphatic carbocycles. The van der Waals surface area contributed by atoms with Gasteiger partial charge in [0, 0.05) is 81.8 Å². The maximum Gasteiger partial charge on any atom is 0.274 e. The summed E-state index contributed by atoms with van der Waals surface area (Å²) in [5.74, 6) is 2.90. The van der Waals surface area contributed by atoms with Gasteiger partial charge in [-0.2, -0.15) is 5.10 Å².